The van der Waals surface area contributed by atoms with Crippen LogP contribution in [0.5, 0.6) is 0 Å². The second-order valence-electron chi connectivity index (χ2n) is 5.66. The Morgan fingerprint density at radius 1 is 0.929 bits per heavy atom. The first-order valence-corrected chi connectivity index (χ1v) is 5.23. The molecule has 0 radical (unpaired) electrons. The van der Waals surface area contributed by atoms with Gasteiger partial charge in [-0.1, -0.05) is 61.3 Å². The maximum absolute atomic E-state index is 2.40. The minimum Gasteiger partial charge on any atom is -0.344 e. The van der Waals surface area contributed by atoms with E-state index >= 15 is 0 Å². The first-order chi connectivity index (χ1) is 5.23. The van der Waals surface area contributed by atoms with E-state index in [4.69, 9.17) is 0 Å². The van der Waals surface area contributed by atoms with Gasteiger partial charge in [0, 0.05) is 0 Å². The highest BCUT2D eigenvalue weighted by atomic mass is 14.4. The van der Waals surface area contributed by atoms with E-state index in [0.29, 0.717) is 10.8 Å². The Balaban J connectivity index is -0.000000605. The van der Waals surface area contributed by atoms with E-state index in [1.807, 2.05) is 0 Å². The molecule has 1 atom stereocenters. The van der Waals surface area contributed by atoms with Crippen molar-refractivity contribution in [2.24, 2.45) is 16.7 Å². The van der Waals surface area contributed by atoms with E-state index in [1.165, 1.54) is 12.8 Å². The van der Waals surface area contributed by atoms with Crippen molar-refractivity contribution >= 4 is 0 Å². The molecule has 90 valence electrons. The molecule has 0 rings (SSSR count). The van der Waals surface area contributed by atoms with Crippen LogP contribution in [0.15, 0.2) is 0 Å². The predicted molar refractivity (Wildman–Crippen MR) is 67.4 cm³/mol. The normalized spacial score (nSPS) is 13.9. The molecule has 0 amide bonds. The van der Waals surface area contributed by atoms with Gasteiger partial charge in [0.2, 0.25) is 0 Å². The highest BCUT2D eigenvalue weighted by molar-refractivity contribution is 4.86. The fourth-order valence-corrected chi connectivity index (χ4v) is 1.53. The average Bonchev–Trinajstić information content (AvgIpc) is 1.85. The highest BCUT2D eigenvalue weighted by Gasteiger charge is 2.36. The van der Waals surface area contributed by atoms with Gasteiger partial charge in [0.1, 0.15) is 0 Å². The summed E-state index contributed by atoms with van der Waals surface area (Å²) in [6.45, 7) is 16.5. The first-order valence-electron chi connectivity index (χ1n) is 5.23. The molecule has 14 heavy (non-hydrogen) atoms. The summed E-state index contributed by atoms with van der Waals surface area (Å²) in [7, 11) is 0. The number of hydrogen-bond acceptors (Lipinski definition) is 2. The van der Waals surface area contributed by atoms with Crippen LogP contribution in [0.25, 0.3) is 0 Å². The third-order valence-electron chi connectivity index (χ3n) is 3.89. The molecule has 0 saturated heterocycles. The zero-order chi connectivity index (χ0) is 9.99. The number of hydrogen-bond donors (Lipinski definition) is 2. The van der Waals surface area contributed by atoms with Crippen LogP contribution in [0.3, 0.4) is 0 Å². The van der Waals surface area contributed by atoms with Gasteiger partial charge >= 0.3 is 0 Å². The van der Waals surface area contributed by atoms with Crippen LogP contribution in [0, 0.1) is 16.7 Å². The van der Waals surface area contributed by atoms with Crippen LogP contribution in [0.2, 0.25) is 0 Å². The molecule has 0 heterocycles. The SMILES string of the molecule is CCCC(C)C(C)(C)C(C)(C)C.N.N. The molecule has 1 unspecified atom stereocenters. The fourth-order valence-electron chi connectivity index (χ4n) is 1.53. The van der Waals surface area contributed by atoms with Gasteiger partial charge in [-0.2, -0.15) is 0 Å². The molecule has 2 heteroatoms. The summed E-state index contributed by atoms with van der Waals surface area (Å²) < 4.78 is 0. The Kier molecular flexibility index (Phi) is 8.92. The van der Waals surface area contributed by atoms with E-state index in [-0.39, 0.29) is 12.3 Å². The van der Waals surface area contributed by atoms with Gasteiger partial charge in [-0.05, 0) is 16.7 Å². The van der Waals surface area contributed by atoms with Gasteiger partial charge in [-0.25, -0.2) is 0 Å². The Morgan fingerprint density at radius 3 is 1.50 bits per heavy atom. The molecule has 0 saturated carbocycles. The Bertz CT molecular complexity index is 134. The molecule has 6 N–H and O–H groups in total. The summed E-state index contributed by atoms with van der Waals surface area (Å²) in [5.74, 6) is 0.822. The van der Waals surface area contributed by atoms with Crippen molar-refractivity contribution in [2.45, 2.75) is 61.3 Å². The van der Waals surface area contributed by atoms with Crippen molar-refractivity contribution in [1.82, 2.24) is 12.3 Å². The van der Waals surface area contributed by atoms with Crippen LogP contribution >= 0.6 is 0 Å². The smallest absolute Gasteiger partial charge is 0.0280 e. The second kappa shape index (κ2) is 6.41. The summed E-state index contributed by atoms with van der Waals surface area (Å²) in [5.41, 5.74) is 0.866. The summed E-state index contributed by atoms with van der Waals surface area (Å²) in [6.07, 6.45) is 2.66. The summed E-state index contributed by atoms with van der Waals surface area (Å²) in [5, 5.41) is 0. The molecule has 0 aliphatic heterocycles. The topological polar surface area (TPSA) is 70.0 Å². The molecule has 0 fully saturated rings. The van der Waals surface area contributed by atoms with E-state index in [9.17, 15) is 0 Å². The Morgan fingerprint density at radius 2 is 1.29 bits per heavy atom. The van der Waals surface area contributed by atoms with Crippen LogP contribution in [0.4, 0.5) is 0 Å². The molecule has 0 aromatic heterocycles. The lowest BCUT2D eigenvalue weighted by atomic mass is 9.62. The van der Waals surface area contributed by atoms with Gasteiger partial charge in [0.25, 0.3) is 0 Å². The Hall–Kier alpha value is -0.0800. The number of rotatable bonds is 3. The molecule has 0 aromatic rings. The van der Waals surface area contributed by atoms with Crippen LogP contribution in [-0.2, 0) is 0 Å². The highest BCUT2D eigenvalue weighted by Crippen LogP contribution is 2.45. The summed E-state index contributed by atoms with van der Waals surface area (Å²) in [4.78, 5) is 0. The van der Waals surface area contributed by atoms with Crippen molar-refractivity contribution in [2.75, 3.05) is 0 Å². The minimum atomic E-state index is 0. The third-order valence-corrected chi connectivity index (χ3v) is 3.89. The predicted octanol–water partition coefficient (Wildman–Crippen LogP) is 4.82. The molecule has 2 nitrogen and oxygen atoms in total. The molecule has 0 aliphatic carbocycles. The Labute approximate surface area is 91.0 Å². The zero-order valence-electron chi connectivity index (χ0n) is 11.4. The van der Waals surface area contributed by atoms with Crippen LogP contribution in [0.1, 0.15) is 61.3 Å². The maximum atomic E-state index is 2.40. The second-order valence-corrected chi connectivity index (χ2v) is 5.66. The van der Waals surface area contributed by atoms with Gasteiger partial charge in [-0.15, -0.1) is 0 Å². The quantitative estimate of drug-likeness (QED) is 0.692. The van der Waals surface area contributed by atoms with Crippen LogP contribution < -0.4 is 12.3 Å². The first kappa shape index (κ1) is 19.5. The van der Waals surface area contributed by atoms with Crippen molar-refractivity contribution < 1.29 is 0 Å². The molecule has 0 aromatic carbocycles. The lowest BCUT2D eigenvalue weighted by Gasteiger charge is -2.44. The van der Waals surface area contributed by atoms with E-state index in [2.05, 4.69) is 48.5 Å². The summed E-state index contributed by atoms with van der Waals surface area (Å²) in [6, 6.07) is 0. The minimum absolute atomic E-state index is 0. The van der Waals surface area contributed by atoms with Crippen molar-refractivity contribution in [3.63, 3.8) is 0 Å². The molecule has 0 bridgehead atoms. The van der Waals surface area contributed by atoms with Crippen molar-refractivity contribution in [3.8, 4) is 0 Å². The lowest BCUT2D eigenvalue weighted by Crippen LogP contribution is -2.35. The fraction of sp³-hybridized carbons (Fsp3) is 1.00. The van der Waals surface area contributed by atoms with Gasteiger partial charge < -0.3 is 12.3 Å². The van der Waals surface area contributed by atoms with E-state index in [1.54, 1.807) is 0 Å². The van der Waals surface area contributed by atoms with Crippen LogP contribution in [-0.4, -0.2) is 0 Å². The maximum Gasteiger partial charge on any atom is -0.0280 e. The van der Waals surface area contributed by atoms with Gasteiger partial charge in [-0.3, -0.25) is 0 Å². The largest absolute Gasteiger partial charge is 0.344 e. The zero-order valence-corrected chi connectivity index (χ0v) is 11.4. The van der Waals surface area contributed by atoms with E-state index in [0.717, 1.165) is 5.92 Å². The molecule has 0 spiro atoms. The van der Waals surface area contributed by atoms with Crippen molar-refractivity contribution in [3.05, 3.63) is 0 Å². The molecular formula is C12H32N2. The van der Waals surface area contributed by atoms with E-state index < -0.39 is 0 Å². The third kappa shape index (κ3) is 4.43. The average molecular weight is 204 g/mol. The lowest BCUT2D eigenvalue weighted by molar-refractivity contribution is 0.0589. The monoisotopic (exact) mass is 204 g/mol. The van der Waals surface area contributed by atoms with Crippen molar-refractivity contribution in [1.29, 1.82) is 0 Å². The summed E-state index contributed by atoms with van der Waals surface area (Å²) >= 11 is 0. The van der Waals surface area contributed by atoms with Gasteiger partial charge in [0.05, 0.1) is 0 Å². The van der Waals surface area contributed by atoms with Gasteiger partial charge in [0.15, 0.2) is 0 Å². The molecular weight excluding hydrogens is 172 g/mol. The molecule has 0 aliphatic rings. The standard InChI is InChI=1S/C12H26.2H3N/c1-8-9-10(2)12(6,7)11(3,4)5;;/h10H,8-9H2,1-7H3;2*1H3.